The minimum Gasteiger partial charge on any atom is -0.494 e. The summed E-state index contributed by atoms with van der Waals surface area (Å²) >= 11 is 1.42. The molecule has 2 atom stereocenters. The molecule has 1 aromatic carbocycles. The maximum Gasteiger partial charge on any atom is 0.233 e. The Labute approximate surface area is 193 Å². The van der Waals surface area contributed by atoms with E-state index in [1.165, 1.54) is 18.2 Å². The predicted octanol–water partition coefficient (Wildman–Crippen LogP) is 4.32. The fourth-order valence-corrected chi connectivity index (χ4v) is 5.08. The summed E-state index contributed by atoms with van der Waals surface area (Å²) in [7, 11) is 0. The number of pyridine rings is 1. The highest BCUT2D eigenvalue weighted by Gasteiger charge is 2.26. The van der Waals surface area contributed by atoms with Gasteiger partial charge in [-0.25, -0.2) is 0 Å². The Bertz CT molecular complexity index is 1030. The number of amides is 1. The Morgan fingerprint density at radius 1 is 1.12 bits per heavy atom. The van der Waals surface area contributed by atoms with Gasteiger partial charge in [0.15, 0.2) is 11.0 Å². The van der Waals surface area contributed by atoms with E-state index in [0.717, 1.165) is 30.1 Å². The van der Waals surface area contributed by atoms with Crippen LogP contribution in [0, 0.1) is 11.8 Å². The topological polar surface area (TPSA) is 73.1 Å². The standard InChI is InChI=1S/C24H29N5O2S/c1-4-31-21-9-7-20(8-10-21)29-23(19-6-5-11-25-13-19)26-27-24(29)32-16-22(30)28-14-17(2)12-18(3)15-28/h5-11,13,17-18H,4,12,14-16H2,1-3H3. The summed E-state index contributed by atoms with van der Waals surface area (Å²) in [5, 5.41) is 9.53. The average Bonchev–Trinajstić information content (AvgIpc) is 3.22. The van der Waals surface area contributed by atoms with Gasteiger partial charge in [-0.05, 0) is 61.6 Å². The molecule has 1 amide bonds. The molecule has 0 radical (unpaired) electrons. The SMILES string of the molecule is CCOc1ccc(-n2c(SCC(=O)N3CC(C)CC(C)C3)nnc2-c2cccnc2)cc1. The second-order valence-corrected chi connectivity index (χ2v) is 9.29. The number of thioether (sulfide) groups is 1. The largest absolute Gasteiger partial charge is 0.494 e. The third-order valence-electron chi connectivity index (χ3n) is 5.51. The number of likely N-dealkylation sites (tertiary alicyclic amines) is 1. The van der Waals surface area contributed by atoms with Crippen LogP contribution in [0.25, 0.3) is 17.1 Å². The van der Waals surface area contributed by atoms with E-state index in [2.05, 4.69) is 29.0 Å². The Morgan fingerprint density at radius 2 is 1.88 bits per heavy atom. The summed E-state index contributed by atoms with van der Waals surface area (Å²) in [6, 6.07) is 11.7. The van der Waals surface area contributed by atoms with Crippen LogP contribution in [0.3, 0.4) is 0 Å². The summed E-state index contributed by atoms with van der Waals surface area (Å²) in [4.78, 5) is 19.1. The maximum absolute atomic E-state index is 12.9. The van der Waals surface area contributed by atoms with Crippen LogP contribution < -0.4 is 4.74 Å². The van der Waals surface area contributed by atoms with Gasteiger partial charge in [0.05, 0.1) is 12.4 Å². The van der Waals surface area contributed by atoms with Gasteiger partial charge in [-0.2, -0.15) is 0 Å². The lowest BCUT2D eigenvalue weighted by Gasteiger charge is -2.34. The van der Waals surface area contributed by atoms with Crippen molar-refractivity contribution in [2.45, 2.75) is 32.3 Å². The van der Waals surface area contributed by atoms with E-state index in [-0.39, 0.29) is 5.91 Å². The maximum atomic E-state index is 12.9. The van der Waals surface area contributed by atoms with Crippen LogP contribution >= 0.6 is 11.8 Å². The molecule has 1 saturated heterocycles. The molecule has 1 fully saturated rings. The molecule has 2 unspecified atom stereocenters. The number of carbonyl (C=O) groups is 1. The van der Waals surface area contributed by atoms with E-state index >= 15 is 0 Å². The third kappa shape index (κ3) is 5.12. The summed E-state index contributed by atoms with van der Waals surface area (Å²) < 4.78 is 7.56. The summed E-state index contributed by atoms with van der Waals surface area (Å²) in [5.41, 5.74) is 1.78. The molecule has 3 aromatic rings. The number of rotatable bonds is 7. The number of benzene rings is 1. The molecule has 0 bridgehead atoms. The lowest BCUT2D eigenvalue weighted by atomic mass is 9.92. The molecular weight excluding hydrogens is 422 g/mol. The normalized spacial score (nSPS) is 18.5. The molecule has 8 heteroatoms. The van der Waals surface area contributed by atoms with E-state index in [4.69, 9.17) is 4.74 Å². The molecule has 32 heavy (non-hydrogen) atoms. The Balaban J connectivity index is 1.59. The van der Waals surface area contributed by atoms with Gasteiger partial charge in [0.2, 0.25) is 5.91 Å². The minimum absolute atomic E-state index is 0.151. The van der Waals surface area contributed by atoms with Crippen LogP contribution in [0.4, 0.5) is 0 Å². The number of aromatic nitrogens is 4. The third-order valence-corrected chi connectivity index (χ3v) is 6.42. The first-order chi connectivity index (χ1) is 15.5. The van der Waals surface area contributed by atoms with Crippen molar-refractivity contribution in [1.29, 1.82) is 0 Å². The van der Waals surface area contributed by atoms with Crippen LogP contribution in [-0.4, -0.2) is 56.0 Å². The predicted molar refractivity (Wildman–Crippen MR) is 126 cm³/mol. The zero-order valence-corrected chi connectivity index (χ0v) is 19.6. The smallest absolute Gasteiger partial charge is 0.233 e. The van der Waals surface area contributed by atoms with E-state index in [9.17, 15) is 4.79 Å². The number of hydrogen-bond acceptors (Lipinski definition) is 6. The molecule has 7 nitrogen and oxygen atoms in total. The van der Waals surface area contributed by atoms with Crippen molar-refractivity contribution in [2.24, 2.45) is 11.8 Å². The molecule has 0 aliphatic carbocycles. The molecule has 168 valence electrons. The number of ether oxygens (including phenoxy) is 1. The molecule has 0 N–H and O–H groups in total. The van der Waals surface area contributed by atoms with Gasteiger partial charge in [-0.15, -0.1) is 10.2 Å². The molecule has 1 aliphatic rings. The number of hydrogen-bond donors (Lipinski definition) is 0. The van der Waals surface area contributed by atoms with Gasteiger partial charge in [-0.1, -0.05) is 25.6 Å². The van der Waals surface area contributed by atoms with E-state index < -0.39 is 0 Å². The zero-order valence-electron chi connectivity index (χ0n) is 18.8. The summed E-state index contributed by atoms with van der Waals surface area (Å²) in [5.74, 6) is 3.07. The molecule has 4 rings (SSSR count). The van der Waals surface area contributed by atoms with Crippen molar-refractivity contribution >= 4 is 17.7 Å². The monoisotopic (exact) mass is 451 g/mol. The van der Waals surface area contributed by atoms with Crippen LogP contribution in [-0.2, 0) is 4.79 Å². The van der Waals surface area contributed by atoms with Crippen LogP contribution in [0.2, 0.25) is 0 Å². The van der Waals surface area contributed by atoms with Crippen molar-refractivity contribution in [3.63, 3.8) is 0 Å². The number of piperidine rings is 1. The van der Waals surface area contributed by atoms with E-state index in [1.807, 2.05) is 52.8 Å². The van der Waals surface area contributed by atoms with Crippen molar-refractivity contribution in [3.05, 3.63) is 48.8 Å². The van der Waals surface area contributed by atoms with Gasteiger partial charge in [0.1, 0.15) is 5.75 Å². The second-order valence-electron chi connectivity index (χ2n) is 8.34. The highest BCUT2D eigenvalue weighted by atomic mass is 32.2. The van der Waals surface area contributed by atoms with E-state index in [1.54, 1.807) is 12.4 Å². The quantitative estimate of drug-likeness (QED) is 0.498. The van der Waals surface area contributed by atoms with Crippen molar-refractivity contribution < 1.29 is 9.53 Å². The number of nitrogens with zero attached hydrogens (tertiary/aromatic N) is 5. The van der Waals surface area contributed by atoms with Crippen LogP contribution in [0.15, 0.2) is 53.9 Å². The Hall–Kier alpha value is -2.87. The van der Waals surface area contributed by atoms with Gasteiger partial charge in [0.25, 0.3) is 0 Å². The lowest BCUT2D eigenvalue weighted by molar-refractivity contribution is -0.130. The summed E-state index contributed by atoms with van der Waals surface area (Å²) in [6.45, 7) is 8.66. The fraction of sp³-hybridized carbons (Fsp3) is 0.417. The highest BCUT2D eigenvalue weighted by molar-refractivity contribution is 7.99. The van der Waals surface area contributed by atoms with Gasteiger partial charge in [-0.3, -0.25) is 14.3 Å². The summed E-state index contributed by atoms with van der Waals surface area (Å²) in [6.07, 6.45) is 4.68. The first-order valence-electron chi connectivity index (χ1n) is 11.0. The highest BCUT2D eigenvalue weighted by Crippen LogP contribution is 2.29. The Kier molecular flexibility index (Phi) is 7.09. The second kappa shape index (κ2) is 10.2. The van der Waals surface area contributed by atoms with Gasteiger partial charge < -0.3 is 9.64 Å². The van der Waals surface area contributed by atoms with Crippen molar-refractivity contribution in [2.75, 3.05) is 25.4 Å². The number of carbonyl (C=O) groups excluding carboxylic acids is 1. The lowest BCUT2D eigenvalue weighted by Crippen LogP contribution is -2.43. The molecule has 1 aliphatic heterocycles. The zero-order chi connectivity index (χ0) is 22.5. The average molecular weight is 452 g/mol. The molecule has 0 spiro atoms. The molecule has 2 aromatic heterocycles. The van der Waals surface area contributed by atoms with Gasteiger partial charge >= 0.3 is 0 Å². The molecular formula is C24H29N5O2S. The molecule has 3 heterocycles. The van der Waals surface area contributed by atoms with Crippen molar-refractivity contribution in [1.82, 2.24) is 24.6 Å². The van der Waals surface area contributed by atoms with Crippen molar-refractivity contribution in [3.8, 4) is 22.8 Å². The first-order valence-corrected chi connectivity index (χ1v) is 12.0. The van der Waals surface area contributed by atoms with E-state index in [0.29, 0.717) is 35.2 Å². The Morgan fingerprint density at radius 3 is 2.53 bits per heavy atom. The minimum atomic E-state index is 0.151. The van der Waals surface area contributed by atoms with Gasteiger partial charge in [0, 0.05) is 36.7 Å². The molecule has 0 saturated carbocycles. The first kappa shape index (κ1) is 22.3. The fourth-order valence-electron chi connectivity index (χ4n) is 4.22. The van der Waals surface area contributed by atoms with Crippen LogP contribution in [0.1, 0.15) is 27.2 Å². The van der Waals surface area contributed by atoms with Crippen LogP contribution in [0.5, 0.6) is 5.75 Å².